The lowest BCUT2D eigenvalue weighted by Crippen LogP contribution is -2.09. The molecule has 0 spiro atoms. The number of aromatic amines is 1. The van der Waals surface area contributed by atoms with Crippen molar-refractivity contribution in [1.29, 1.82) is 0 Å². The molecule has 1 heterocycles. The van der Waals surface area contributed by atoms with Gasteiger partial charge in [0.05, 0.1) is 5.52 Å². The van der Waals surface area contributed by atoms with Crippen molar-refractivity contribution in [2.24, 2.45) is 0 Å². The van der Waals surface area contributed by atoms with Crippen LogP contribution < -0.4 is 4.90 Å². The summed E-state index contributed by atoms with van der Waals surface area (Å²) in [4.78, 5) is 5.93. The zero-order valence-electron chi connectivity index (χ0n) is 18.9. The van der Waals surface area contributed by atoms with Crippen LogP contribution in [0.25, 0.3) is 43.4 Å². The topological polar surface area (TPSA) is 19.0 Å². The lowest BCUT2D eigenvalue weighted by Gasteiger charge is -2.26. The summed E-state index contributed by atoms with van der Waals surface area (Å²) in [6, 6.07) is 43.5. The van der Waals surface area contributed by atoms with E-state index in [-0.39, 0.29) is 0 Å². The van der Waals surface area contributed by atoms with E-state index in [4.69, 9.17) is 0 Å². The van der Waals surface area contributed by atoms with Crippen LogP contribution in [-0.4, -0.2) is 4.98 Å². The number of aromatic nitrogens is 1. The third kappa shape index (κ3) is 3.39. The standard InChI is InChI=1S/C32H21BrN2/c33-30-11-5-10-28-29-20-27(16-17-31(29)34-32(28)30)35(25-14-12-21-6-1-3-8-23(21)18-25)26-15-13-22-7-2-4-9-24(22)19-26/h1-20,34H. The normalized spacial score (nSPS) is 11.6. The lowest BCUT2D eigenvalue weighted by atomic mass is 10.1. The van der Waals surface area contributed by atoms with Gasteiger partial charge in [-0.3, -0.25) is 0 Å². The van der Waals surface area contributed by atoms with Gasteiger partial charge in [-0.15, -0.1) is 0 Å². The molecule has 3 heteroatoms. The molecule has 166 valence electrons. The Balaban J connectivity index is 1.49. The summed E-state index contributed by atoms with van der Waals surface area (Å²) in [5, 5.41) is 7.37. The summed E-state index contributed by atoms with van der Waals surface area (Å²) in [7, 11) is 0. The minimum Gasteiger partial charge on any atom is -0.354 e. The van der Waals surface area contributed by atoms with E-state index in [0.29, 0.717) is 0 Å². The van der Waals surface area contributed by atoms with Crippen molar-refractivity contribution in [2.45, 2.75) is 0 Å². The Morgan fingerprint density at radius 1 is 0.486 bits per heavy atom. The Bertz CT molecular complexity index is 1800. The van der Waals surface area contributed by atoms with Gasteiger partial charge < -0.3 is 9.88 Å². The molecule has 0 fully saturated rings. The van der Waals surface area contributed by atoms with Gasteiger partial charge in [0.25, 0.3) is 0 Å². The highest BCUT2D eigenvalue weighted by atomic mass is 79.9. The summed E-state index contributed by atoms with van der Waals surface area (Å²) in [6.45, 7) is 0. The molecule has 2 nitrogen and oxygen atoms in total. The number of para-hydroxylation sites is 1. The predicted molar refractivity (Wildman–Crippen MR) is 153 cm³/mol. The highest BCUT2D eigenvalue weighted by molar-refractivity contribution is 9.10. The van der Waals surface area contributed by atoms with Crippen molar-refractivity contribution in [3.63, 3.8) is 0 Å². The second-order valence-corrected chi connectivity index (χ2v) is 9.77. The number of anilines is 3. The van der Waals surface area contributed by atoms with E-state index in [1.807, 2.05) is 0 Å². The number of nitrogens with zero attached hydrogens (tertiary/aromatic N) is 1. The Morgan fingerprint density at radius 2 is 1.06 bits per heavy atom. The maximum atomic E-state index is 3.70. The van der Waals surface area contributed by atoms with Crippen molar-refractivity contribution < 1.29 is 0 Å². The van der Waals surface area contributed by atoms with Crippen LogP contribution in [0.4, 0.5) is 17.1 Å². The molecule has 0 aliphatic carbocycles. The second-order valence-electron chi connectivity index (χ2n) is 8.92. The Kier molecular flexibility index (Phi) is 4.64. The molecule has 0 saturated carbocycles. The average molecular weight is 513 g/mol. The largest absolute Gasteiger partial charge is 0.354 e. The Morgan fingerprint density at radius 3 is 1.71 bits per heavy atom. The van der Waals surface area contributed by atoms with Gasteiger partial charge in [-0.2, -0.15) is 0 Å². The zero-order valence-corrected chi connectivity index (χ0v) is 20.5. The molecule has 0 aliphatic heterocycles. The number of H-pyrrole nitrogens is 1. The third-order valence-corrected chi connectivity index (χ3v) is 7.47. The second kappa shape index (κ2) is 8.00. The van der Waals surface area contributed by atoms with E-state index in [1.165, 1.54) is 32.3 Å². The average Bonchev–Trinajstić information content (AvgIpc) is 3.28. The smallest absolute Gasteiger partial charge is 0.0609 e. The van der Waals surface area contributed by atoms with Gasteiger partial charge in [0.2, 0.25) is 0 Å². The van der Waals surface area contributed by atoms with Gasteiger partial charge in [-0.05, 0) is 86.0 Å². The molecule has 0 saturated heterocycles. The van der Waals surface area contributed by atoms with Gasteiger partial charge in [0.15, 0.2) is 0 Å². The van der Waals surface area contributed by atoms with Gasteiger partial charge in [0, 0.05) is 37.8 Å². The van der Waals surface area contributed by atoms with Crippen LogP contribution in [0.3, 0.4) is 0 Å². The molecule has 7 aromatic rings. The van der Waals surface area contributed by atoms with Crippen LogP contribution in [-0.2, 0) is 0 Å². The number of rotatable bonds is 3. The fourth-order valence-corrected chi connectivity index (χ4v) is 5.56. The fourth-order valence-electron chi connectivity index (χ4n) is 5.09. The van der Waals surface area contributed by atoms with Crippen LogP contribution in [0, 0.1) is 0 Å². The summed E-state index contributed by atoms with van der Waals surface area (Å²) in [6.07, 6.45) is 0. The molecule has 0 atom stereocenters. The van der Waals surface area contributed by atoms with Crippen LogP contribution in [0.15, 0.2) is 126 Å². The Labute approximate surface area is 211 Å². The molecule has 0 amide bonds. The number of nitrogens with one attached hydrogen (secondary N) is 1. The highest BCUT2D eigenvalue weighted by Gasteiger charge is 2.16. The van der Waals surface area contributed by atoms with Gasteiger partial charge in [-0.1, -0.05) is 72.8 Å². The molecule has 35 heavy (non-hydrogen) atoms. The van der Waals surface area contributed by atoms with Crippen molar-refractivity contribution in [3.05, 3.63) is 126 Å². The number of hydrogen-bond donors (Lipinski definition) is 1. The van der Waals surface area contributed by atoms with E-state index >= 15 is 0 Å². The van der Waals surface area contributed by atoms with Gasteiger partial charge >= 0.3 is 0 Å². The van der Waals surface area contributed by atoms with E-state index < -0.39 is 0 Å². The first-order valence-corrected chi connectivity index (χ1v) is 12.5. The Hall–Kier alpha value is -4.08. The molecule has 1 N–H and O–H groups in total. The summed E-state index contributed by atoms with van der Waals surface area (Å²) >= 11 is 3.70. The van der Waals surface area contributed by atoms with Crippen molar-refractivity contribution in [3.8, 4) is 0 Å². The quantitative estimate of drug-likeness (QED) is 0.249. The predicted octanol–water partition coefficient (Wildman–Crippen LogP) is 9.86. The molecule has 6 aromatic carbocycles. The first-order chi connectivity index (χ1) is 17.2. The molecular weight excluding hydrogens is 492 g/mol. The van der Waals surface area contributed by atoms with E-state index in [9.17, 15) is 0 Å². The van der Waals surface area contributed by atoms with E-state index in [1.54, 1.807) is 0 Å². The first kappa shape index (κ1) is 20.3. The SMILES string of the molecule is Brc1cccc2c1[nH]c1ccc(N(c3ccc4ccccc4c3)c3ccc4ccccc4c3)cc12. The number of halogens is 1. The van der Waals surface area contributed by atoms with Crippen LogP contribution in [0.1, 0.15) is 0 Å². The van der Waals surface area contributed by atoms with Crippen molar-refractivity contribution in [1.82, 2.24) is 4.98 Å². The summed E-state index contributed by atoms with van der Waals surface area (Å²) in [5.74, 6) is 0. The summed E-state index contributed by atoms with van der Waals surface area (Å²) < 4.78 is 1.08. The first-order valence-electron chi connectivity index (χ1n) is 11.7. The monoisotopic (exact) mass is 512 g/mol. The van der Waals surface area contributed by atoms with Crippen LogP contribution in [0.2, 0.25) is 0 Å². The maximum absolute atomic E-state index is 3.70. The molecule has 0 bridgehead atoms. The minimum atomic E-state index is 1.08. The van der Waals surface area contributed by atoms with Crippen LogP contribution in [0.5, 0.6) is 0 Å². The molecule has 0 unspecified atom stereocenters. The molecule has 0 aliphatic rings. The number of fused-ring (bicyclic) bond motifs is 5. The maximum Gasteiger partial charge on any atom is 0.0609 e. The molecule has 0 radical (unpaired) electrons. The highest BCUT2D eigenvalue weighted by Crippen LogP contribution is 2.40. The van der Waals surface area contributed by atoms with E-state index in [2.05, 4.69) is 147 Å². The fraction of sp³-hybridized carbons (Fsp3) is 0. The van der Waals surface area contributed by atoms with Crippen molar-refractivity contribution in [2.75, 3.05) is 4.90 Å². The number of benzene rings is 6. The lowest BCUT2D eigenvalue weighted by molar-refractivity contribution is 1.30. The zero-order chi connectivity index (χ0) is 23.4. The molecule has 7 rings (SSSR count). The third-order valence-electron chi connectivity index (χ3n) is 6.81. The van der Waals surface area contributed by atoms with Gasteiger partial charge in [-0.25, -0.2) is 0 Å². The van der Waals surface area contributed by atoms with E-state index in [0.717, 1.165) is 32.6 Å². The molecular formula is C32H21BrN2. The minimum absolute atomic E-state index is 1.08. The number of hydrogen-bond acceptors (Lipinski definition) is 1. The van der Waals surface area contributed by atoms with Crippen molar-refractivity contribution >= 4 is 76.3 Å². The molecule has 1 aromatic heterocycles. The van der Waals surface area contributed by atoms with Crippen LogP contribution >= 0.6 is 15.9 Å². The van der Waals surface area contributed by atoms with Gasteiger partial charge in [0.1, 0.15) is 0 Å². The summed E-state index contributed by atoms with van der Waals surface area (Å²) in [5.41, 5.74) is 5.66.